The van der Waals surface area contributed by atoms with Gasteiger partial charge in [-0.25, -0.2) is 0 Å². The molecule has 1 amide bonds. The quantitative estimate of drug-likeness (QED) is 0.836. The maximum absolute atomic E-state index is 11.4. The van der Waals surface area contributed by atoms with Gasteiger partial charge in [-0.1, -0.05) is 30.3 Å². The summed E-state index contributed by atoms with van der Waals surface area (Å²) in [6, 6.07) is 11.6. The lowest BCUT2D eigenvalue weighted by molar-refractivity contribution is -0.123. The predicted molar refractivity (Wildman–Crippen MR) is 63.6 cm³/mol. The zero-order valence-electron chi connectivity index (χ0n) is 9.54. The van der Waals surface area contributed by atoms with Gasteiger partial charge in [0.05, 0.1) is 12.0 Å². The molecule has 2 unspecified atom stereocenters. The number of carbonyl (C=O) groups excluding carboxylic acids is 1. The Morgan fingerprint density at radius 3 is 2.76 bits per heavy atom. The molecule has 1 aliphatic rings. The van der Waals surface area contributed by atoms with Crippen LogP contribution in [0.5, 0.6) is 0 Å². The molecule has 4 heteroatoms. The molecule has 2 atom stereocenters. The first kappa shape index (κ1) is 11.6. The van der Waals surface area contributed by atoms with E-state index in [4.69, 9.17) is 11.0 Å². The third-order valence-electron chi connectivity index (χ3n) is 3.19. The molecule has 88 valence electrons. The normalized spacial score (nSPS) is 24.4. The first-order valence-electron chi connectivity index (χ1n) is 5.69. The third-order valence-corrected chi connectivity index (χ3v) is 3.19. The van der Waals surface area contributed by atoms with Crippen molar-refractivity contribution in [1.29, 1.82) is 5.26 Å². The van der Waals surface area contributed by atoms with Gasteiger partial charge in [-0.05, 0) is 12.0 Å². The molecule has 17 heavy (non-hydrogen) atoms. The van der Waals surface area contributed by atoms with E-state index >= 15 is 0 Å². The van der Waals surface area contributed by atoms with Crippen LogP contribution in [0.1, 0.15) is 12.0 Å². The highest BCUT2D eigenvalue weighted by molar-refractivity contribution is 5.81. The Hall–Kier alpha value is -1.86. The summed E-state index contributed by atoms with van der Waals surface area (Å²) < 4.78 is 0. The molecule has 1 heterocycles. The van der Waals surface area contributed by atoms with Crippen LogP contribution in [0.4, 0.5) is 0 Å². The second-order valence-corrected chi connectivity index (χ2v) is 4.33. The van der Waals surface area contributed by atoms with Crippen molar-refractivity contribution in [2.24, 2.45) is 11.7 Å². The third kappa shape index (κ3) is 2.45. The molecule has 2 rings (SSSR count). The van der Waals surface area contributed by atoms with Gasteiger partial charge in [0.2, 0.25) is 5.91 Å². The van der Waals surface area contributed by atoms with Gasteiger partial charge in [0.1, 0.15) is 6.04 Å². The lowest BCUT2D eigenvalue weighted by atomic mass is 10.0. The first-order valence-corrected chi connectivity index (χ1v) is 5.69. The SMILES string of the molecule is N#CC1CCN(Cc2ccccc2)C1C(N)=O. The minimum Gasteiger partial charge on any atom is -0.368 e. The van der Waals surface area contributed by atoms with Gasteiger partial charge in [-0.15, -0.1) is 0 Å². The van der Waals surface area contributed by atoms with E-state index in [1.54, 1.807) is 0 Å². The van der Waals surface area contributed by atoms with E-state index < -0.39 is 11.9 Å². The van der Waals surface area contributed by atoms with Gasteiger partial charge in [0.25, 0.3) is 0 Å². The molecule has 0 aliphatic carbocycles. The molecule has 0 spiro atoms. The summed E-state index contributed by atoms with van der Waals surface area (Å²) in [6.07, 6.45) is 0.719. The van der Waals surface area contributed by atoms with Crippen LogP contribution in [-0.2, 0) is 11.3 Å². The molecule has 1 fully saturated rings. The number of nitrogens with zero attached hydrogens (tertiary/aromatic N) is 2. The highest BCUT2D eigenvalue weighted by Gasteiger charge is 2.37. The molecular weight excluding hydrogens is 214 g/mol. The van der Waals surface area contributed by atoms with Crippen LogP contribution in [0.3, 0.4) is 0 Å². The minimum atomic E-state index is -0.444. The van der Waals surface area contributed by atoms with E-state index in [2.05, 4.69) is 6.07 Å². The van der Waals surface area contributed by atoms with Gasteiger partial charge >= 0.3 is 0 Å². The predicted octanol–water partition coefficient (Wildman–Crippen LogP) is 0.886. The van der Waals surface area contributed by atoms with Crippen molar-refractivity contribution in [2.45, 2.75) is 19.0 Å². The molecule has 2 N–H and O–H groups in total. The fourth-order valence-electron chi connectivity index (χ4n) is 2.37. The molecule has 1 saturated heterocycles. The van der Waals surface area contributed by atoms with Crippen LogP contribution < -0.4 is 5.73 Å². The molecule has 4 nitrogen and oxygen atoms in total. The summed E-state index contributed by atoms with van der Waals surface area (Å²) >= 11 is 0. The van der Waals surface area contributed by atoms with Crippen molar-refractivity contribution in [1.82, 2.24) is 4.90 Å². The van der Waals surface area contributed by atoms with Crippen LogP contribution in [0, 0.1) is 17.2 Å². The Kier molecular flexibility index (Phi) is 3.40. The number of likely N-dealkylation sites (tertiary alicyclic amines) is 1. The lowest BCUT2D eigenvalue weighted by Gasteiger charge is -2.22. The maximum Gasteiger partial charge on any atom is 0.236 e. The van der Waals surface area contributed by atoms with E-state index in [0.717, 1.165) is 18.5 Å². The smallest absolute Gasteiger partial charge is 0.236 e. The molecule has 0 bridgehead atoms. The van der Waals surface area contributed by atoms with Gasteiger partial charge in [-0.2, -0.15) is 5.26 Å². The largest absolute Gasteiger partial charge is 0.368 e. The molecule has 1 aromatic carbocycles. The number of hydrogen-bond donors (Lipinski definition) is 1. The average Bonchev–Trinajstić information content (AvgIpc) is 2.73. The Bertz CT molecular complexity index is 438. The van der Waals surface area contributed by atoms with Crippen molar-refractivity contribution in [3.05, 3.63) is 35.9 Å². The lowest BCUT2D eigenvalue weighted by Crippen LogP contribution is -2.43. The first-order chi connectivity index (χ1) is 8.22. The standard InChI is InChI=1S/C13H15N3O/c14-8-11-6-7-16(12(11)13(15)17)9-10-4-2-1-3-5-10/h1-5,11-12H,6-7,9H2,(H2,15,17). The molecular formula is C13H15N3O. The summed E-state index contributed by atoms with van der Waals surface area (Å²) in [5, 5.41) is 8.98. The van der Waals surface area contributed by atoms with Crippen LogP contribution >= 0.6 is 0 Å². The molecule has 0 saturated carbocycles. The summed E-state index contributed by atoms with van der Waals surface area (Å²) in [5.74, 6) is -0.666. The molecule has 0 radical (unpaired) electrons. The number of primary amides is 1. The molecule has 1 aromatic rings. The number of rotatable bonds is 3. The summed E-state index contributed by atoms with van der Waals surface area (Å²) in [7, 11) is 0. The van der Waals surface area contributed by atoms with Crippen molar-refractivity contribution < 1.29 is 4.79 Å². The number of hydrogen-bond acceptors (Lipinski definition) is 3. The van der Waals surface area contributed by atoms with E-state index in [-0.39, 0.29) is 5.92 Å². The van der Waals surface area contributed by atoms with Gasteiger partial charge < -0.3 is 5.73 Å². The van der Waals surface area contributed by atoms with Crippen molar-refractivity contribution in [2.75, 3.05) is 6.54 Å². The highest BCUT2D eigenvalue weighted by Crippen LogP contribution is 2.25. The Balaban J connectivity index is 2.11. The zero-order chi connectivity index (χ0) is 12.3. The summed E-state index contributed by atoms with van der Waals surface area (Å²) in [4.78, 5) is 13.4. The van der Waals surface area contributed by atoms with E-state index in [0.29, 0.717) is 6.54 Å². The van der Waals surface area contributed by atoms with E-state index in [9.17, 15) is 4.79 Å². The van der Waals surface area contributed by atoms with E-state index in [1.807, 2.05) is 35.2 Å². The number of nitriles is 1. The number of carbonyl (C=O) groups is 1. The maximum atomic E-state index is 11.4. The number of nitrogens with two attached hydrogens (primary N) is 1. The van der Waals surface area contributed by atoms with Crippen LogP contribution in [0.2, 0.25) is 0 Å². The Morgan fingerprint density at radius 1 is 1.47 bits per heavy atom. The Labute approximate surface area is 101 Å². The molecule has 0 aromatic heterocycles. The average molecular weight is 229 g/mol. The highest BCUT2D eigenvalue weighted by atomic mass is 16.1. The van der Waals surface area contributed by atoms with Crippen LogP contribution in [0.15, 0.2) is 30.3 Å². The summed E-state index contributed by atoms with van der Waals surface area (Å²) in [6.45, 7) is 1.42. The fraction of sp³-hybridized carbons (Fsp3) is 0.385. The van der Waals surface area contributed by atoms with Crippen LogP contribution in [0.25, 0.3) is 0 Å². The number of benzene rings is 1. The Morgan fingerprint density at radius 2 is 2.18 bits per heavy atom. The fourth-order valence-corrected chi connectivity index (χ4v) is 2.37. The van der Waals surface area contributed by atoms with Crippen molar-refractivity contribution in [3.63, 3.8) is 0 Å². The van der Waals surface area contributed by atoms with Crippen LogP contribution in [-0.4, -0.2) is 23.4 Å². The second kappa shape index (κ2) is 4.98. The number of amides is 1. The minimum absolute atomic E-state index is 0.267. The van der Waals surface area contributed by atoms with Gasteiger partial charge in [0, 0.05) is 13.1 Å². The van der Waals surface area contributed by atoms with Gasteiger partial charge in [0.15, 0.2) is 0 Å². The van der Waals surface area contributed by atoms with Crippen molar-refractivity contribution in [3.8, 4) is 6.07 Å². The van der Waals surface area contributed by atoms with Crippen molar-refractivity contribution >= 4 is 5.91 Å². The zero-order valence-corrected chi connectivity index (χ0v) is 9.54. The molecule has 1 aliphatic heterocycles. The topological polar surface area (TPSA) is 70.1 Å². The monoisotopic (exact) mass is 229 g/mol. The van der Waals surface area contributed by atoms with Gasteiger partial charge in [-0.3, -0.25) is 9.69 Å². The van der Waals surface area contributed by atoms with E-state index in [1.165, 1.54) is 0 Å². The second-order valence-electron chi connectivity index (χ2n) is 4.33. The summed E-state index contributed by atoms with van der Waals surface area (Å²) in [5.41, 5.74) is 6.51.